The molecule has 122 valence electrons. The number of likely N-dealkylation sites (N-methyl/N-ethyl adjacent to an activating group) is 1. The summed E-state index contributed by atoms with van der Waals surface area (Å²) in [5.41, 5.74) is 1.79. The number of methoxy groups -OCH3 is 1. The van der Waals surface area contributed by atoms with Crippen molar-refractivity contribution < 1.29 is 14.4 Å². The molecule has 0 aliphatic heterocycles. The number of carbonyl (C=O) groups excluding carboxylic acids is 1. The van der Waals surface area contributed by atoms with Gasteiger partial charge in [0, 0.05) is 10.6 Å². The monoisotopic (exact) mass is 333 g/mol. The zero-order valence-electron chi connectivity index (χ0n) is 13.6. The van der Waals surface area contributed by atoms with Crippen LogP contribution in [0.1, 0.15) is 12.5 Å². The minimum atomic E-state index is -0.209. The van der Waals surface area contributed by atoms with Gasteiger partial charge in [-0.3, -0.25) is 4.79 Å². The molecule has 2 aromatic carbocycles. The molecule has 0 saturated heterocycles. The van der Waals surface area contributed by atoms with Crippen LogP contribution in [0.25, 0.3) is 0 Å². The predicted molar refractivity (Wildman–Crippen MR) is 93.1 cm³/mol. The van der Waals surface area contributed by atoms with E-state index < -0.39 is 0 Å². The van der Waals surface area contributed by atoms with Gasteiger partial charge < -0.3 is 15.0 Å². The van der Waals surface area contributed by atoms with Gasteiger partial charge in [0.1, 0.15) is 12.3 Å². The molecule has 0 saturated carbocycles. The number of anilines is 1. The van der Waals surface area contributed by atoms with Gasteiger partial charge in [-0.15, -0.1) is 0 Å². The first-order valence-electron chi connectivity index (χ1n) is 7.52. The highest BCUT2D eigenvalue weighted by Crippen LogP contribution is 2.22. The van der Waals surface area contributed by atoms with E-state index in [0.29, 0.717) is 16.5 Å². The van der Waals surface area contributed by atoms with Crippen LogP contribution in [0.3, 0.4) is 0 Å². The second-order valence-electron chi connectivity index (χ2n) is 5.56. The Balaban J connectivity index is 2.01. The predicted octanol–water partition coefficient (Wildman–Crippen LogP) is 2.39. The lowest BCUT2D eigenvalue weighted by Crippen LogP contribution is -3.12. The van der Waals surface area contributed by atoms with Crippen LogP contribution in [0, 0.1) is 0 Å². The molecule has 5 heteroatoms. The molecule has 1 amide bonds. The number of rotatable bonds is 6. The number of hydrogen-bond donors (Lipinski definition) is 2. The van der Waals surface area contributed by atoms with Gasteiger partial charge in [-0.2, -0.15) is 0 Å². The lowest BCUT2D eigenvalue weighted by atomic mass is 10.2. The SMILES string of the molecule is COc1ccccc1NC(=O)[C@H](C)[NH+](C)Cc1cccc(Cl)c1. The van der Waals surface area contributed by atoms with E-state index in [4.69, 9.17) is 16.3 Å². The van der Waals surface area contributed by atoms with Crippen LogP contribution in [0.4, 0.5) is 5.69 Å². The molecule has 1 unspecified atom stereocenters. The van der Waals surface area contributed by atoms with Gasteiger partial charge in [-0.25, -0.2) is 0 Å². The molecule has 2 rings (SSSR count). The Morgan fingerprint density at radius 3 is 2.70 bits per heavy atom. The van der Waals surface area contributed by atoms with Crippen molar-refractivity contribution in [1.29, 1.82) is 0 Å². The molecular formula is C18H22ClN2O2+. The molecule has 2 aromatic rings. The quantitative estimate of drug-likeness (QED) is 0.852. The maximum absolute atomic E-state index is 12.5. The van der Waals surface area contributed by atoms with E-state index in [-0.39, 0.29) is 11.9 Å². The number of ether oxygens (including phenoxy) is 1. The summed E-state index contributed by atoms with van der Waals surface area (Å²) in [6.07, 6.45) is 0. The van der Waals surface area contributed by atoms with Gasteiger partial charge in [-0.05, 0) is 31.2 Å². The second kappa shape index (κ2) is 7.99. The van der Waals surface area contributed by atoms with Crippen LogP contribution in [-0.2, 0) is 11.3 Å². The first-order valence-corrected chi connectivity index (χ1v) is 7.89. The molecule has 0 aliphatic rings. The third kappa shape index (κ3) is 4.71. The average Bonchev–Trinajstić information content (AvgIpc) is 2.54. The maximum Gasteiger partial charge on any atom is 0.282 e. The highest BCUT2D eigenvalue weighted by Gasteiger charge is 2.22. The fourth-order valence-corrected chi connectivity index (χ4v) is 2.55. The molecule has 23 heavy (non-hydrogen) atoms. The number of carbonyl (C=O) groups is 1. The summed E-state index contributed by atoms with van der Waals surface area (Å²) < 4.78 is 5.26. The van der Waals surface area contributed by atoms with E-state index in [2.05, 4.69) is 5.32 Å². The summed E-state index contributed by atoms with van der Waals surface area (Å²) in [6, 6.07) is 14.9. The Hall–Kier alpha value is -2.04. The number of halogens is 1. The molecule has 0 bridgehead atoms. The highest BCUT2D eigenvalue weighted by atomic mass is 35.5. The van der Waals surface area contributed by atoms with Crippen molar-refractivity contribution in [1.82, 2.24) is 0 Å². The fourth-order valence-electron chi connectivity index (χ4n) is 2.33. The van der Waals surface area contributed by atoms with Crippen LogP contribution < -0.4 is 15.0 Å². The molecule has 0 aliphatic carbocycles. The van der Waals surface area contributed by atoms with E-state index >= 15 is 0 Å². The number of nitrogens with one attached hydrogen (secondary N) is 2. The first kappa shape index (κ1) is 17.3. The minimum Gasteiger partial charge on any atom is -0.495 e. The smallest absolute Gasteiger partial charge is 0.282 e. The van der Waals surface area contributed by atoms with E-state index in [1.807, 2.05) is 62.5 Å². The van der Waals surface area contributed by atoms with Crippen molar-refractivity contribution in [3.8, 4) is 5.75 Å². The summed E-state index contributed by atoms with van der Waals surface area (Å²) >= 11 is 6.01. The Kier molecular flexibility index (Phi) is 6.02. The third-order valence-electron chi connectivity index (χ3n) is 3.87. The van der Waals surface area contributed by atoms with E-state index in [1.165, 1.54) is 0 Å². The summed E-state index contributed by atoms with van der Waals surface area (Å²) in [5.74, 6) is 0.606. The number of para-hydroxylation sites is 2. The molecular weight excluding hydrogens is 312 g/mol. The lowest BCUT2D eigenvalue weighted by molar-refractivity contribution is -0.907. The zero-order valence-corrected chi connectivity index (χ0v) is 14.4. The van der Waals surface area contributed by atoms with Crippen LogP contribution in [0.5, 0.6) is 5.75 Å². The number of hydrogen-bond acceptors (Lipinski definition) is 2. The molecule has 0 heterocycles. The summed E-state index contributed by atoms with van der Waals surface area (Å²) in [6.45, 7) is 2.63. The van der Waals surface area contributed by atoms with E-state index in [9.17, 15) is 4.79 Å². The van der Waals surface area contributed by atoms with E-state index in [1.54, 1.807) is 7.11 Å². The Labute approximate surface area is 142 Å². The number of amides is 1. The van der Waals surface area contributed by atoms with Crippen LogP contribution in [0.2, 0.25) is 5.02 Å². The largest absolute Gasteiger partial charge is 0.495 e. The fraction of sp³-hybridized carbons (Fsp3) is 0.278. The summed E-state index contributed by atoms with van der Waals surface area (Å²) in [4.78, 5) is 13.5. The van der Waals surface area contributed by atoms with Gasteiger partial charge in [0.2, 0.25) is 0 Å². The molecule has 4 nitrogen and oxygen atoms in total. The molecule has 0 radical (unpaired) electrons. The third-order valence-corrected chi connectivity index (χ3v) is 4.10. The van der Waals surface area contributed by atoms with Crippen molar-refractivity contribution in [3.05, 3.63) is 59.1 Å². The Morgan fingerprint density at radius 2 is 2.00 bits per heavy atom. The van der Waals surface area contributed by atoms with Crippen molar-refractivity contribution >= 4 is 23.2 Å². The Bertz CT molecular complexity index is 676. The maximum atomic E-state index is 12.5. The number of quaternary nitrogens is 1. The van der Waals surface area contributed by atoms with Crippen molar-refractivity contribution in [2.24, 2.45) is 0 Å². The second-order valence-corrected chi connectivity index (χ2v) is 6.00. The topological polar surface area (TPSA) is 42.8 Å². The normalized spacial score (nSPS) is 13.2. The highest BCUT2D eigenvalue weighted by molar-refractivity contribution is 6.30. The van der Waals surface area contributed by atoms with Crippen molar-refractivity contribution in [2.75, 3.05) is 19.5 Å². The molecule has 2 atom stereocenters. The van der Waals surface area contributed by atoms with Crippen LogP contribution in [-0.4, -0.2) is 26.1 Å². The van der Waals surface area contributed by atoms with Gasteiger partial charge >= 0.3 is 0 Å². The van der Waals surface area contributed by atoms with E-state index in [0.717, 1.165) is 17.0 Å². The Morgan fingerprint density at radius 1 is 1.26 bits per heavy atom. The first-order chi connectivity index (χ1) is 11.0. The number of benzene rings is 2. The zero-order chi connectivity index (χ0) is 16.8. The van der Waals surface area contributed by atoms with Crippen molar-refractivity contribution in [3.63, 3.8) is 0 Å². The minimum absolute atomic E-state index is 0.0472. The standard InChI is InChI=1S/C18H21ClN2O2/c1-13(21(2)12-14-7-6-8-15(19)11-14)18(22)20-16-9-4-5-10-17(16)23-3/h4-11,13H,12H2,1-3H3,(H,20,22)/p+1/t13-/m0/s1. The van der Waals surface area contributed by atoms with Gasteiger partial charge in [-0.1, -0.05) is 35.9 Å². The molecule has 0 fully saturated rings. The van der Waals surface area contributed by atoms with Crippen LogP contribution in [0.15, 0.2) is 48.5 Å². The van der Waals surface area contributed by atoms with Crippen LogP contribution >= 0.6 is 11.6 Å². The van der Waals surface area contributed by atoms with Crippen molar-refractivity contribution in [2.45, 2.75) is 19.5 Å². The van der Waals surface area contributed by atoms with Gasteiger partial charge in [0.25, 0.3) is 5.91 Å². The molecule has 2 N–H and O–H groups in total. The summed E-state index contributed by atoms with van der Waals surface area (Å²) in [7, 11) is 3.58. The molecule has 0 spiro atoms. The van der Waals surface area contributed by atoms with Gasteiger partial charge in [0.15, 0.2) is 6.04 Å². The summed E-state index contributed by atoms with van der Waals surface area (Å²) in [5, 5.41) is 3.64. The average molecular weight is 334 g/mol. The van der Waals surface area contributed by atoms with Gasteiger partial charge in [0.05, 0.1) is 19.8 Å². The molecule has 0 aromatic heterocycles. The lowest BCUT2D eigenvalue weighted by Gasteiger charge is -2.21.